The van der Waals surface area contributed by atoms with Gasteiger partial charge in [0.15, 0.2) is 0 Å². The van der Waals surface area contributed by atoms with Crippen molar-refractivity contribution >= 4 is 34.3 Å². The quantitative estimate of drug-likeness (QED) is 0.447. The average molecular weight is 441 g/mol. The van der Waals surface area contributed by atoms with E-state index in [2.05, 4.69) is 10.1 Å². The molecule has 0 saturated carbocycles. The van der Waals surface area contributed by atoms with Crippen LogP contribution in [0.3, 0.4) is 0 Å². The number of nitrogens with zero attached hydrogens (tertiary/aromatic N) is 4. The lowest BCUT2D eigenvalue weighted by atomic mass is 10.1. The van der Waals surface area contributed by atoms with Crippen LogP contribution in [0, 0.1) is 5.82 Å². The maximum atomic E-state index is 13.2. The van der Waals surface area contributed by atoms with Crippen molar-refractivity contribution < 1.29 is 13.7 Å². The van der Waals surface area contributed by atoms with Crippen LogP contribution in [0.4, 0.5) is 10.1 Å². The molecule has 0 aliphatic heterocycles. The largest absolute Gasteiger partial charge is 0.335 e. The molecule has 1 amide bonds. The number of aryl methyl sites for hydroxylation is 1. The van der Waals surface area contributed by atoms with Gasteiger partial charge in [0.25, 0.3) is 11.3 Å². The average Bonchev–Trinajstić information content (AvgIpc) is 3.19. The molecule has 4 rings (SSSR count). The van der Waals surface area contributed by atoms with Gasteiger partial charge < -0.3 is 9.42 Å². The molecule has 0 bridgehead atoms. The maximum Gasteiger partial charge on any atom is 0.266 e. The fraction of sp³-hybridized carbons (Fsp3) is 0.182. The van der Waals surface area contributed by atoms with E-state index in [0.29, 0.717) is 22.8 Å². The van der Waals surface area contributed by atoms with Crippen molar-refractivity contribution in [3.63, 3.8) is 0 Å². The van der Waals surface area contributed by atoms with E-state index in [1.807, 2.05) is 6.92 Å². The van der Waals surface area contributed by atoms with E-state index in [1.165, 1.54) is 35.2 Å². The summed E-state index contributed by atoms with van der Waals surface area (Å²) in [4.78, 5) is 31.5. The standard InChI is InChI=1S/C22H18ClFN4O3/c1-2-28(17-5-3-4-15(23)12-17)18(29)10-11-27-13-25-21-19(22(27)30)20(26-31-21)14-6-8-16(24)9-7-14/h3-9,12-13H,2,10-11H2,1H3. The monoisotopic (exact) mass is 440 g/mol. The number of aromatic nitrogens is 3. The summed E-state index contributed by atoms with van der Waals surface area (Å²) in [5, 5.41) is 4.64. The number of carbonyl (C=O) groups is 1. The highest BCUT2D eigenvalue weighted by atomic mass is 35.5. The first-order chi connectivity index (χ1) is 15.0. The lowest BCUT2D eigenvalue weighted by Gasteiger charge is -2.21. The molecule has 2 heterocycles. The number of fused-ring (bicyclic) bond motifs is 1. The van der Waals surface area contributed by atoms with E-state index in [9.17, 15) is 14.0 Å². The molecule has 9 heteroatoms. The first kappa shape index (κ1) is 20.7. The first-order valence-electron chi connectivity index (χ1n) is 9.64. The molecule has 0 unspecified atom stereocenters. The molecule has 158 valence electrons. The van der Waals surface area contributed by atoms with Crippen molar-refractivity contribution in [3.05, 3.63) is 76.1 Å². The molecule has 0 atom stereocenters. The molecule has 0 fully saturated rings. The summed E-state index contributed by atoms with van der Waals surface area (Å²) in [6.45, 7) is 2.46. The van der Waals surface area contributed by atoms with Gasteiger partial charge in [-0.3, -0.25) is 14.2 Å². The molecule has 0 N–H and O–H groups in total. The van der Waals surface area contributed by atoms with Gasteiger partial charge in [-0.25, -0.2) is 9.37 Å². The zero-order chi connectivity index (χ0) is 22.0. The maximum absolute atomic E-state index is 13.2. The highest BCUT2D eigenvalue weighted by Gasteiger charge is 2.19. The number of amides is 1. The number of anilines is 1. The highest BCUT2D eigenvalue weighted by Crippen LogP contribution is 2.24. The van der Waals surface area contributed by atoms with Crippen molar-refractivity contribution in [3.8, 4) is 11.3 Å². The Morgan fingerprint density at radius 3 is 2.71 bits per heavy atom. The molecular weight excluding hydrogens is 423 g/mol. The number of benzene rings is 2. The molecule has 31 heavy (non-hydrogen) atoms. The fourth-order valence-electron chi connectivity index (χ4n) is 3.34. The highest BCUT2D eigenvalue weighted by molar-refractivity contribution is 6.30. The Labute approximate surface area is 181 Å². The minimum Gasteiger partial charge on any atom is -0.335 e. The summed E-state index contributed by atoms with van der Waals surface area (Å²) < 4.78 is 19.7. The molecule has 2 aromatic heterocycles. The predicted octanol–water partition coefficient (Wildman–Crippen LogP) is 4.29. The molecule has 0 spiro atoms. The Morgan fingerprint density at radius 2 is 2.00 bits per heavy atom. The van der Waals surface area contributed by atoms with Gasteiger partial charge in [0.05, 0.1) is 0 Å². The molecule has 7 nitrogen and oxygen atoms in total. The van der Waals surface area contributed by atoms with Crippen LogP contribution in [0.25, 0.3) is 22.4 Å². The van der Waals surface area contributed by atoms with Crippen molar-refractivity contribution in [2.24, 2.45) is 0 Å². The third kappa shape index (κ3) is 4.20. The third-order valence-corrected chi connectivity index (χ3v) is 5.12. The van der Waals surface area contributed by atoms with Crippen molar-refractivity contribution in [1.82, 2.24) is 14.7 Å². The van der Waals surface area contributed by atoms with E-state index in [0.717, 1.165) is 0 Å². The van der Waals surface area contributed by atoms with Crippen LogP contribution in [0.2, 0.25) is 5.02 Å². The molecule has 0 radical (unpaired) electrons. The lowest BCUT2D eigenvalue weighted by Crippen LogP contribution is -2.32. The number of halogens is 2. The molecular formula is C22H18ClFN4O3. The Morgan fingerprint density at radius 1 is 1.23 bits per heavy atom. The van der Waals surface area contributed by atoms with Crippen molar-refractivity contribution in [1.29, 1.82) is 0 Å². The zero-order valence-corrected chi connectivity index (χ0v) is 17.3. The van der Waals surface area contributed by atoms with Gasteiger partial charge >= 0.3 is 0 Å². The summed E-state index contributed by atoms with van der Waals surface area (Å²) in [6, 6.07) is 12.6. The van der Waals surface area contributed by atoms with E-state index in [1.54, 1.807) is 29.2 Å². The first-order valence-corrected chi connectivity index (χ1v) is 10.0. The van der Waals surface area contributed by atoms with Gasteiger partial charge in [-0.05, 0) is 49.4 Å². The summed E-state index contributed by atoms with van der Waals surface area (Å²) >= 11 is 6.04. The second-order valence-corrected chi connectivity index (χ2v) is 7.27. The van der Waals surface area contributed by atoms with E-state index in [-0.39, 0.29) is 41.2 Å². The van der Waals surface area contributed by atoms with E-state index < -0.39 is 5.82 Å². The molecule has 2 aromatic carbocycles. The number of rotatable bonds is 6. The van der Waals surface area contributed by atoms with Crippen LogP contribution in [-0.2, 0) is 11.3 Å². The summed E-state index contributed by atoms with van der Waals surface area (Å²) in [7, 11) is 0. The lowest BCUT2D eigenvalue weighted by molar-refractivity contribution is -0.118. The Bertz CT molecular complexity index is 1300. The molecule has 0 aliphatic carbocycles. The van der Waals surface area contributed by atoms with Crippen LogP contribution >= 0.6 is 11.6 Å². The topological polar surface area (TPSA) is 81.2 Å². The molecule has 0 aliphatic rings. The minimum atomic E-state index is -0.397. The van der Waals surface area contributed by atoms with Gasteiger partial charge in [-0.2, -0.15) is 0 Å². The minimum absolute atomic E-state index is 0.0843. The molecule has 0 saturated heterocycles. The number of carbonyl (C=O) groups excluding carboxylic acids is 1. The summed E-state index contributed by atoms with van der Waals surface area (Å²) in [6.07, 6.45) is 1.41. The SMILES string of the molecule is CCN(C(=O)CCn1cnc2onc(-c3ccc(F)cc3)c2c1=O)c1cccc(Cl)c1. The number of hydrogen-bond donors (Lipinski definition) is 0. The van der Waals surface area contributed by atoms with Gasteiger partial charge in [-0.1, -0.05) is 22.8 Å². The zero-order valence-electron chi connectivity index (χ0n) is 16.6. The van der Waals surface area contributed by atoms with Crippen molar-refractivity contribution in [2.75, 3.05) is 11.4 Å². The smallest absolute Gasteiger partial charge is 0.266 e. The summed E-state index contributed by atoms with van der Waals surface area (Å²) in [5.41, 5.74) is 1.21. The second kappa shape index (κ2) is 8.69. The van der Waals surface area contributed by atoms with E-state index in [4.69, 9.17) is 16.1 Å². The van der Waals surface area contributed by atoms with E-state index >= 15 is 0 Å². The fourth-order valence-corrected chi connectivity index (χ4v) is 3.53. The van der Waals surface area contributed by atoms with Crippen molar-refractivity contribution in [2.45, 2.75) is 19.9 Å². The Balaban J connectivity index is 1.59. The Kier molecular flexibility index (Phi) is 5.81. The molecule has 4 aromatic rings. The second-order valence-electron chi connectivity index (χ2n) is 6.83. The van der Waals surface area contributed by atoms with Crippen LogP contribution < -0.4 is 10.5 Å². The van der Waals surface area contributed by atoms with Crippen LogP contribution in [0.1, 0.15) is 13.3 Å². The van der Waals surface area contributed by atoms with Gasteiger partial charge in [0.1, 0.15) is 23.2 Å². The van der Waals surface area contributed by atoms with Gasteiger partial charge in [-0.15, -0.1) is 0 Å². The normalized spacial score (nSPS) is 11.1. The van der Waals surface area contributed by atoms with Gasteiger partial charge in [0, 0.05) is 35.8 Å². The van der Waals surface area contributed by atoms with Crippen LogP contribution in [0.5, 0.6) is 0 Å². The van der Waals surface area contributed by atoms with Gasteiger partial charge in [0.2, 0.25) is 5.91 Å². The van der Waals surface area contributed by atoms with Crippen LogP contribution in [0.15, 0.2) is 64.2 Å². The third-order valence-electron chi connectivity index (χ3n) is 4.88. The van der Waals surface area contributed by atoms with Crippen LogP contribution in [-0.4, -0.2) is 27.2 Å². The number of hydrogen-bond acceptors (Lipinski definition) is 5. The summed E-state index contributed by atoms with van der Waals surface area (Å²) in [5.74, 6) is -0.549. The predicted molar refractivity (Wildman–Crippen MR) is 116 cm³/mol. The Hall–Kier alpha value is -3.52.